The van der Waals surface area contributed by atoms with Crippen LogP contribution >= 0.6 is 0 Å². The number of benzene rings is 2. The average molecular weight is 270 g/mol. The fourth-order valence-electron chi connectivity index (χ4n) is 2.69. The zero-order chi connectivity index (χ0) is 14.7. The van der Waals surface area contributed by atoms with Crippen molar-refractivity contribution in [2.24, 2.45) is 0 Å². The fraction of sp³-hybridized carbons (Fsp3) is 0.333. The van der Waals surface area contributed by atoms with Crippen molar-refractivity contribution in [3.05, 3.63) is 64.2 Å². The Morgan fingerprint density at radius 2 is 1.55 bits per heavy atom. The zero-order valence-electron chi connectivity index (χ0n) is 12.6. The number of hydrogen-bond acceptors (Lipinski definition) is 2. The van der Waals surface area contributed by atoms with Crippen LogP contribution < -0.4 is 4.74 Å². The first kappa shape index (κ1) is 14.6. The van der Waals surface area contributed by atoms with Gasteiger partial charge >= 0.3 is 0 Å². The normalized spacial score (nSPS) is 12.2. The number of para-hydroxylation sites is 1. The van der Waals surface area contributed by atoms with Crippen LogP contribution in [0.2, 0.25) is 0 Å². The summed E-state index contributed by atoms with van der Waals surface area (Å²) >= 11 is 0. The van der Waals surface area contributed by atoms with E-state index >= 15 is 0 Å². The Labute approximate surface area is 121 Å². The average Bonchev–Trinajstić information content (AvgIpc) is 2.36. The first-order valence-electron chi connectivity index (χ1n) is 6.93. The zero-order valence-corrected chi connectivity index (χ0v) is 12.6. The lowest BCUT2D eigenvalue weighted by atomic mass is 9.96. The van der Waals surface area contributed by atoms with E-state index in [0.29, 0.717) is 0 Å². The highest BCUT2D eigenvalue weighted by Gasteiger charge is 2.15. The molecule has 1 N–H and O–H groups in total. The van der Waals surface area contributed by atoms with E-state index in [9.17, 15) is 5.11 Å². The fourth-order valence-corrected chi connectivity index (χ4v) is 2.69. The molecule has 106 valence electrons. The Hall–Kier alpha value is -1.80. The maximum Gasteiger partial charge on any atom is 0.122 e. The molecule has 2 heteroatoms. The van der Waals surface area contributed by atoms with E-state index in [0.717, 1.165) is 28.0 Å². The number of rotatable bonds is 4. The third-order valence-corrected chi connectivity index (χ3v) is 3.56. The van der Waals surface area contributed by atoms with Gasteiger partial charge in [0, 0.05) is 0 Å². The van der Waals surface area contributed by atoms with E-state index in [2.05, 4.69) is 19.1 Å². The first-order valence-corrected chi connectivity index (χ1v) is 6.93. The van der Waals surface area contributed by atoms with Gasteiger partial charge in [-0.05, 0) is 56.0 Å². The summed E-state index contributed by atoms with van der Waals surface area (Å²) < 4.78 is 5.74. The van der Waals surface area contributed by atoms with Gasteiger partial charge in [-0.1, -0.05) is 35.9 Å². The molecule has 0 spiro atoms. The van der Waals surface area contributed by atoms with Crippen molar-refractivity contribution in [1.82, 2.24) is 0 Å². The van der Waals surface area contributed by atoms with Gasteiger partial charge < -0.3 is 9.84 Å². The van der Waals surface area contributed by atoms with Crippen LogP contribution in [0.15, 0.2) is 36.4 Å². The molecule has 1 unspecified atom stereocenters. The summed E-state index contributed by atoms with van der Waals surface area (Å²) in [6.07, 6.45) is -0.602. The van der Waals surface area contributed by atoms with E-state index < -0.39 is 6.10 Å². The quantitative estimate of drug-likeness (QED) is 0.908. The van der Waals surface area contributed by atoms with Gasteiger partial charge in [-0.2, -0.15) is 0 Å². The lowest BCUT2D eigenvalue weighted by Crippen LogP contribution is -2.13. The predicted octanol–water partition coefficient (Wildman–Crippen LogP) is 4.03. The van der Waals surface area contributed by atoms with Crippen molar-refractivity contribution in [3.8, 4) is 5.75 Å². The Morgan fingerprint density at radius 3 is 2.15 bits per heavy atom. The second-order valence-electron chi connectivity index (χ2n) is 5.40. The second-order valence-corrected chi connectivity index (χ2v) is 5.40. The van der Waals surface area contributed by atoms with Crippen LogP contribution in [0.1, 0.15) is 33.9 Å². The van der Waals surface area contributed by atoms with Crippen LogP contribution in [0.3, 0.4) is 0 Å². The molecule has 0 aliphatic rings. The summed E-state index contributed by atoms with van der Waals surface area (Å²) in [7, 11) is 0. The molecule has 2 aromatic rings. The largest absolute Gasteiger partial charge is 0.490 e. The van der Waals surface area contributed by atoms with Crippen molar-refractivity contribution >= 4 is 0 Å². The van der Waals surface area contributed by atoms with E-state index in [1.165, 1.54) is 5.56 Å². The van der Waals surface area contributed by atoms with Gasteiger partial charge in [-0.3, -0.25) is 0 Å². The molecule has 0 fully saturated rings. The Morgan fingerprint density at radius 1 is 0.950 bits per heavy atom. The predicted molar refractivity (Wildman–Crippen MR) is 82.3 cm³/mol. The minimum Gasteiger partial charge on any atom is -0.490 e. The first-order chi connectivity index (χ1) is 9.49. The Bertz CT molecular complexity index is 579. The highest BCUT2D eigenvalue weighted by atomic mass is 16.5. The molecule has 0 saturated carbocycles. The van der Waals surface area contributed by atoms with Crippen LogP contribution in [0.4, 0.5) is 0 Å². The molecule has 0 amide bonds. The third-order valence-electron chi connectivity index (χ3n) is 3.56. The van der Waals surface area contributed by atoms with Gasteiger partial charge in [0.25, 0.3) is 0 Å². The number of ether oxygens (including phenoxy) is 1. The molecular formula is C18H22O2. The minimum absolute atomic E-state index is 0.273. The second kappa shape index (κ2) is 6.10. The molecule has 1 atom stereocenters. The molecule has 0 saturated heterocycles. The van der Waals surface area contributed by atoms with E-state index in [-0.39, 0.29) is 6.61 Å². The van der Waals surface area contributed by atoms with Crippen LogP contribution in [-0.4, -0.2) is 11.7 Å². The molecule has 0 aliphatic heterocycles. The maximum atomic E-state index is 10.4. The molecule has 0 aliphatic carbocycles. The number of aliphatic hydroxyl groups is 1. The lowest BCUT2D eigenvalue weighted by molar-refractivity contribution is 0.107. The van der Waals surface area contributed by atoms with Crippen molar-refractivity contribution in [2.45, 2.75) is 33.8 Å². The summed E-state index contributed by atoms with van der Waals surface area (Å²) in [5.74, 6) is 0.828. The van der Waals surface area contributed by atoms with Crippen molar-refractivity contribution in [1.29, 1.82) is 0 Å². The summed E-state index contributed by atoms with van der Waals surface area (Å²) in [6, 6.07) is 12.0. The SMILES string of the molecule is Cc1cc(C)c(C(O)COc2ccccc2C)c(C)c1. The summed E-state index contributed by atoms with van der Waals surface area (Å²) in [5.41, 5.74) is 5.50. The van der Waals surface area contributed by atoms with E-state index in [1.54, 1.807) is 0 Å². The molecular weight excluding hydrogens is 248 g/mol. The minimum atomic E-state index is -0.602. The molecule has 2 nitrogen and oxygen atoms in total. The van der Waals surface area contributed by atoms with Gasteiger partial charge in [-0.25, -0.2) is 0 Å². The number of aliphatic hydroxyl groups excluding tert-OH is 1. The lowest BCUT2D eigenvalue weighted by Gasteiger charge is -2.18. The van der Waals surface area contributed by atoms with E-state index in [1.807, 2.05) is 45.0 Å². The Kier molecular flexibility index (Phi) is 4.46. The van der Waals surface area contributed by atoms with Gasteiger partial charge in [-0.15, -0.1) is 0 Å². The molecule has 2 rings (SSSR count). The number of hydrogen-bond donors (Lipinski definition) is 1. The van der Waals surface area contributed by atoms with Crippen molar-refractivity contribution < 1.29 is 9.84 Å². The van der Waals surface area contributed by atoms with Gasteiger partial charge in [0.05, 0.1) is 0 Å². The summed E-state index contributed by atoms with van der Waals surface area (Å²) in [4.78, 5) is 0. The van der Waals surface area contributed by atoms with Crippen LogP contribution in [-0.2, 0) is 0 Å². The van der Waals surface area contributed by atoms with E-state index in [4.69, 9.17) is 4.74 Å². The maximum absolute atomic E-state index is 10.4. The molecule has 0 bridgehead atoms. The molecule has 0 aromatic heterocycles. The van der Waals surface area contributed by atoms with Crippen molar-refractivity contribution in [3.63, 3.8) is 0 Å². The highest BCUT2D eigenvalue weighted by molar-refractivity contribution is 5.39. The van der Waals surface area contributed by atoms with Gasteiger partial charge in [0.2, 0.25) is 0 Å². The number of aryl methyl sites for hydroxylation is 4. The van der Waals surface area contributed by atoms with Gasteiger partial charge in [0.15, 0.2) is 0 Å². The van der Waals surface area contributed by atoms with Crippen molar-refractivity contribution in [2.75, 3.05) is 6.61 Å². The molecule has 0 heterocycles. The topological polar surface area (TPSA) is 29.5 Å². The summed E-state index contributed by atoms with van der Waals surface area (Å²) in [6.45, 7) is 8.41. The Balaban J connectivity index is 2.13. The highest BCUT2D eigenvalue weighted by Crippen LogP contribution is 2.25. The smallest absolute Gasteiger partial charge is 0.122 e. The summed E-state index contributed by atoms with van der Waals surface area (Å²) in [5, 5.41) is 10.4. The van der Waals surface area contributed by atoms with Gasteiger partial charge in [0.1, 0.15) is 18.5 Å². The monoisotopic (exact) mass is 270 g/mol. The van der Waals surface area contributed by atoms with Crippen LogP contribution in [0.25, 0.3) is 0 Å². The molecule has 20 heavy (non-hydrogen) atoms. The standard InChI is InChI=1S/C18H22O2/c1-12-9-14(3)18(15(4)10-12)16(19)11-20-17-8-6-5-7-13(17)2/h5-10,16,19H,11H2,1-4H3. The van der Waals surface area contributed by atoms with Crippen LogP contribution in [0, 0.1) is 27.7 Å². The third kappa shape index (κ3) is 3.20. The molecule has 0 radical (unpaired) electrons. The van der Waals surface area contributed by atoms with Crippen LogP contribution in [0.5, 0.6) is 5.75 Å². The molecule has 2 aromatic carbocycles.